The van der Waals surface area contributed by atoms with Crippen LogP contribution in [-0.2, 0) is 24.3 Å². The first-order valence-electron chi connectivity index (χ1n) is 5.51. The summed E-state index contributed by atoms with van der Waals surface area (Å²) in [7, 11) is 0. The second kappa shape index (κ2) is 3.84. The van der Waals surface area contributed by atoms with Gasteiger partial charge in [0.2, 0.25) is 0 Å². The number of hydrogen-bond acceptors (Lipinski definition) is 4. The molecule has 16 heavy (non-hydrogen) atoms. The van der Waals surface area contributed by atoms with Crippen molar-refractivity contribution in [2.45, 2.75) is 19.6 Å². The lowest BCUT2D eigenvalue weighted by Crippen LogP contribution is -2.16. The van der Waals surface area contributed by atoms with Crippen LogP contribution in [0.1, 0.15) is 11.5 Å². The molecule has 0 atom stereocenters. The van der Waals surface area contributed by atoms with E-state index in [0.717, 1.165) is 42.1 Å². The molecule has 1 aliphatic rings. The van der Waals surface area contributed by atoms with Gasteiger partial charge in [0.1, 0.15) is 17.9 Å². The number of nitrogens with zero attached hydrogens (tertiary/aromatic N) is 3. The molecule has 0 aliphatic carbocycles. The number of rotatable bonds is 2. The van der Waals surface area contributed by atoms with E-state index < -0.39 is 0 Å². The minimum absolute atomic E-state index is 0.594. The van der Waals surface area contributed by atoms with Gasteiger partial charge in [0.25, 0.3) is 0 Å². The van der Waals surface area contributed by atoms with Gasteiger partial charge in [0.05, 0.1) is 17.8 Å². The molecule has 84 valence electrons. The standard InChI is InChI=1S/C11H14N4O/c12-3-1-8-11-9(2-4-13-8)15-5-6-16-7-10(15)14-11/h2,4H,1,3,5-7,12H2. The molecule has 0 unspecified atom stereocenters. The van der Waals surface area contributed by atoms with E-state index in [1.165, 1.54) is 0 Å². The molecule has 0 bridgehead atoms. The van der Waals surface area contributed by atoms with Crippen molar-refractivity contribution in [3.8, 4) is 0 Å². The van der Waals surface area contributed by atoms with Crippen LogP contribution in [0.15, 0.2) is 12.3 Å². The first-order valence-corrected chi connectivity index (χ1v) is 5.51. The summed E-state index contributed by atoms with van der Waals surface area (Å²) < 4.78 is 7.61. The molecule has 0 radical (unpaired) electrons. The molecule has 2 aromatic heterocycles. The van der Waals surface area contributed by atoms with Crippen LogP contribution in [0.4, 0.5) is 0 Å². The van der Waals surface area contributed by atoms with Crippen molar-refractivity contribution in [2.24, 2.45) is 5.73 Å². The molecule has 0 saturated heterocycles. The van der Waals surface area contributed by atoms with E-state index >= 15 is 0 Å². The van der Waals surface area contributed by atoms with Gasteiger partial charge in [-0.25, -0.2) is 4.98 Å². The largest absolute Gasteiger partial charge is 0.372 e. The Morgan fingerprint density at radius 3 is 3.31 bits per heavy atom. The third-order valence-electron chi connectivity index (χ3n) is 2.89. The van der Waals surface area contributed by atoms with Crippen molar-refractivity contribution in [2.75, 3.05) is 13.2 Å². The lowest BCUT2D eigenvalue weighted by molar-refractivity contribution is 0.0830. The van der Waals surface area contributed by atoms with Crippen molar-refractivity contribution in [3.05, 3.63) is 23.8 Å². The summed E-state index contributed by atoms with van der Waals surface area (Å²) in [5.41, 5.74) is 8.69. The maximum absolute atomic E-state index is 5.57. The SMILES string of the molecule is NCCc1nccc2c1nc1n2CCOC1. The van der Waals surface area contributed by atoms with Gasteiger partial charge in [-0.3, -0.25) is 4.98 Å². The lowest BCUT2D eigenvalue weighted by atomic mass is 10.2. The van der Waals surface area contributed by atoms with E-state index in [9.17, 15) is 0 Å². The second-order valence-corrected chi connectivity index (χ2v) is 3.90. The van der Waals surface area contributed by atoms with Crippen LogP contribution in [0, 0.1) is 0 Å². The quantitative estimate of drug-likeness (QED) is 0.795. The topological polar surface area (TPSA) is 66.0 Å². The van der Waals surface area contributed by atoms with Gasteiger partial charge in [-0.05, 0) is 12.6 Å². The van der Waals surface area contributed by atoms with E-state index in [1.807, 2.05) is 12.3 Å². The fraction of sp³-hybridized carbons (Fsp3) is 0.455. The zero-order chi connectivity index (χ0) is 11.0. The maximum Gasteiger partial charge on any atom is 0.136 e. The molecule has 3 rings (SSSR count). The van der Waals surface area contributed by atoms with Gasteiger partial charge >= 0.3 is 0 Å². The zero-order valence-corrected chi connectivity index (χ0v) is 9.02. The Balaban J connectivity index is 2.21. The zero-order valence-electron chi connectivity index (χ0n) is 9.02. The predicted molar refractivity (Wildman–Crippen MR) is 59.9 cm³/mol. The van der Waals surface area contributed by atoms with Crippen molar-refractivity contribution in [1.82, 2.24) is 14.5 Å². The number of imidazole rings is 1. The Bertz CT molecular complexity index is 520. The van der Waals surface area contributed by atoms with Crippen molar-refractivity contribution < 1.29 is 4.74 Å². The summed E-state index contributed by atoms with van der Waals surface area (Å²) in [6.45, 7) is 2.83. The van der Waals surface area contributed by atoms with Crippen LogP contribution in [0.2, 0.25) is 0 Å². The number of nitrogens with two attached hydrogens (primary N) is 1. The third-order valence-corrected chi connectivity index (χ3v) is 2.89. The van der Waals surface area contributed by atoms with Crippen LogP contribution in [0.5, 0.6) is 0 Å². The van der Waals surface area contributed by atoms with Crippen LogP contribution in [0.3, 0.4) is 0 Å². The number of pyridine rings is 1. The first-order chi connectivity index (χ1) is 7.90. The molecule has 0 fully saturated rings. The molecule has 2 N–H and O–H groups in total. The highest BCUT2D eigenvalue weighted by Crippen LogP contribution is 2.21. The highest BCUT2D eigenvalue weighted by molar-refractivity contribution is 5.78. The monoisotopic (exact) mass is 218 g/mol. The molecule has 1 aliphatic heterocycles. The van der Waals surface area contributed by atoms with Gasteiger partial charge in [-0.1, -0.05) is 0 Å². The Hall–Kier alpha value is -1.46. The molecule has 0 aromatic carbocycles. The predicted octanol–water partition coefficient (Wildman–Crippen LogP) is 0.463. The molecule has 3 heterocycles. The van der Waals surface area contributed by atoms with Crippen LogP contribution in [0.25, 0.3) is 11.0 Å². The van der Waals surface area contributed by atoms with Gasteiger partial charge in [-0.15, -0.1) is 0 Å². The van der Waals surface area contributed by atoms with E-state index in [4.69, 9.17) is 10.5 Å². The molecule has 2 aromatic rings. The number of hydrogen-bond donors (Lipinski definition) is 1. The summed E-state index contributed by atoms with van der Waals surface area (Å²) in [4.78, 5) is 8.94. The van der Waals surface area contributed by atoms with Gasteiger partial charge < -0.3 is 15.0 Å². The van der Waals surface area contributed by atoms with Crippen LogP contribution < -0.4 is 5.73 Å². The minimum Gasteiger partial charge on any atom is -0.372 e. The second-order valence-electron chi connectivity index (χ2n) is 3.90. The maximum atomic E-state index is 5.57. The van der Waals surface area contributed by atoms with Gasteiger partial charge in [0.15, 0.2) is 0 Å². The molecule has 5 nitrogen and oxygen atoms in total. The molecule has 0 spiro atoms. The fourth-order valence-electron chi connectivity index (χ4n) is 2.15. The minimum atomic E-state index is 0.594. The average molecular weight is 218 g/mol. The van der Waals surface area contributed by atoms with E-state index in [2.05, 4.69) is 14.5 Å². The Morgan fingerprint density at radius 1 is 1.50 bits per heavy atom. The first kappa shape index (κ1) is 9.74. The third kappa shape index (κ3) is 1.40. The van der Waals surface area contributed by atoms with E-state index in [0.29, 0.717) is 13.2 Å². The summed E-state index contributed by atoms with van der Waals surface area (Å²) in [5.74, 6) is 0.993. The fourth-order valence-corrected chi connectivity index (χ4v) is 2.15. The summed E-state index contributed by atoms with van der Waals surface area (Å²) in [6, 6.07) is 2.01. The Labute approximate surface area is 93.2 Å². The Morgan fingerprint density at radius 2 is 2.44 bits per heavy atom. The summed E-state index contributed by atoms with van der Waals surface area (Å²) in [6.07, 6.45) is 2.60. The summed E-state index contributed by atoms with van der Waals surface area (Å²) in [5, 5.41) is 0. The number of ether oxygens (including phenoxy) is 1. The molecular weight excluding hydrogens is 204 g/mol. The molecule has 0 amide bonds. The van der Waals surface area contributed by atoms with E-state index in [1.54, 1.807) is 0 Å². The average Bonchev–Trinajstić information content (AvgIpc) is 2.69. The molecule has 5 heteroatoms. The molecule has 0 saturated carbocycles. The molecular formula is C11H14N4O. The van der Waals surface area contributed by atoms with E-state index in [-0.39, 0.29) is 0 Å². The number of aromatic nitrogens is 3. The van der Waals surface area contributed by atoms with Gasteiger partial charge in [0, 0.05) is 19.2 Å². The van der Waals surface area contributed by atoms with Crippen molar-refractivity contribution >= 4 is 11.0 Å². The highest BCUT2D eigenvalue weighted by Gasteiger charge is 2.16. The van der Waals surface area contributed by atoms with Crippen LogP contribution in [-0.4, -0.2) is 27.7 Å². The highest BCUT2D eigenvalue weighted by atomic mass is 16.5. The normalized spacial score (nSPS) is 15.3. The van der Waals surface area contributed by atoms with Gasteiger partial charge in [-0.2, -0.15) is 0 Å². The van der Waals surface area contributed by atoms with Crippen molar-refractivity contribution in [3.63, 3.8) is 0 Å². The Kier molecular flexibility index (Phi) is 2.34. The summed E-state index contributed by atoms with van der Waals surface area (Å²) >= 11 is 0. The van der Waals surface area contributed by atoms with Crippen molar-refractivity contribution in [1.29, 1.82) is 0 Å². The van der Waals surface area contributed by atoms with Crippen LogP contribution >= 0.6 is 0 Å². The smallest absolute Gasteiger partial charge is 0.136 e. The lowest BCUT2D eigenvalue weighted by Gasteiger charge is -2.14. The number of fused-ring (bicyclic) bond motifs is 3.